The van der Waals surface area contributed by atoms with E-state index in [4.69, 9.17) is 5.73 Å². The highest BCUT2D eigenvalue weighted by Crippen LogP contribution is 2.06. The van der Waals surface area contributed by atoms with Crippen LogP contribution in [0.4, 0.5) is 0 Å². The minimum absolute atomic E-state index is 0.0487. The third kappa shape index (κ3) is 2.59. The van der Waals surface area contributed by atoms with E-state index in [1.54, 1.807) is 4.68 Å². The molecular weight excluding hydrogens is 190 g/mol. The van der Waals surface area contributed by atoms with Crippen LogP contribution in [0, 0.1) is 19.8 Å². The fourth-order valence-corrected chi connectivity index (χ4v) is 1.30. The second-order valence-electron chi connectivity index (χ2n) is 4.08. The highest BCUT2D eigenvalue weighted by atomic mass is 16.2. The van der Waals surface area contributed by atoms with Gasteiger partial charge >= 0.3 is 0 Å². The van der Waals surface area contributed by atoms with Crippen LogP contribution in [0.1, 0.15) is 25.2 Å². The van der Waals surface area contributed by atoms with Gasteiger partial charge in [0.05, 0.1) is 5.92 Å². The molecule has 0 radical (unpaired) electrons. The first kappa shape index (κ1) is 11.8. The molecule has 1 aromatic heterocycles. The van der Waals surface area contributed by atoms with E-state index >= 15 is 0 Å². The van der Waals surface area contributed by atoms with Crippen molar-refractivity contribution in [3.05, 3.63) is 23.5 Å². The maximum absolute atomic E-state index is 11.7. The summed E-state index contributed by atoms with van der Waals surface area (Å²) in [7, 11) is 0. The van der Waals surface area contributed by atoms with Crippen molar-refractivity contribution in [1.82, 2.24) is 4.68 Å². The molecule has 0 aliphatic rings. The van der Waals surface area contributed by atoms with Crippen molar-refractivity contribution in [2.24, 2.45) is 11.7 Å². The number of hydrogen-bond acceptors (Lipinski definition) is 2. The van der Waals surface area contributed by atoms with Crippen LogP contribution < -0.4 is 11.2 Å². The molecule has 1 heterocycles. The Balaban J connectivity index is 2.75. The monoisotopic (exact) mass is 209 g/mol. The van der Waals surface area contributed by atoms with Gasteiger partial charge in [-0.15, -0.1) is 0 Å². The van der Waals surface area contributed by atoms with Crippen molar-refractivity contribution >= 4 is 5.91 Å². The number of carbonyl (C=O) groups excluding carboxylic acids is 1. The molecular formula is C11H19N3O. The molecule has 0 aromatic carbocycles. The van der Waals surface area contributed by atoms with Gasteiger partial charge in [0.2, 0.25) is 5.91 Å². The molecule has 0 fully saturated rings. The average molecular weight is 209 g/mol. The Bertz CT molecular complexity index is 335. The largest absolute Gasteiger partial charge is 0.327 e. The third-order valence-corrected chi connectivity index (χ3v) is 2.70. The summed E-state index contributed by atoms with van der Waals surface area (Å²) in [4.78, 5) is 11.7. The second-order valence-corrected chi connectivity index (χ2v) is 4.08. The number of nitrogens with two attached hydrogens (primary N) is 1. The smallest absolute Gasteiger partial charge is 0.243 e. The number of nitrogens with one attached hydrogen (secondary N) is 1. The Morgan fingerprint density at radius 1 is 1.33 bits per heavy atom. The van der Waals surface area contributed by atoms with E-state index in [1.807, 2.05) is 39.8 Å². The lowest BCUT2D eigenvalue weighted by molar-refractivity contribution is -0.120. The first-order valence-corrected chi connectivity index (χ1v) is 5.15. The normalized spacial score (nSPS) is 14.7. The van der Waals surface area contributed by atoms with Gasteiger partial charge in [-0.25, -0.2) is 0 Å². The van der Waals surface area contributed by atoms with E-state index < -0.39 is 0 Å². The molecule has 1 rings (SSSR count). The van der Waals surface area contributed by atoms with Crippen LogP contribution in [0.3, 0.4) is 0 Å². The zero-order valence-corrected chi connectivity index (χ0v) is 9.74. The van der Waals surface area contributed by atoms with Gasteiger partial charge in [0, 0.05) is 17.4 Å². The van der Waals surface area contributed by atoms with Crippen molar-refractivity contribution in [3.63, 3.8) is 0 Å². The number of aryl methyl sites for hydroxylation is 2. The van der Waals surface area contributed by atoms with Gasteiger partial charge in [-0.2, -0.15) is 0 Å². The summed E-state index contributed by atoms with van der Waals surface area (Å²) < 4.78 is 1.78. The first-order valence-electron chi connectivity index (χ1n) is 5.15. The lowest BCUT2D eigenvalue weighted by atomic mass is 10.0. The quantitative estimate of drug-likeness (QED) is 0.784. The molecule has 4 nitrogen and oxygen atoms in total. The summed E-state index contributed by atoms with van der Waals surface area (Å²) in [5.41, 5.74) is 10.5. The van der Waals surface area contributed by atoms with E-state index in [0.717, 1.165) is 11.4 Å². The lowest BCUT2D eigenvalue weighted by Crippen LogP contribution is -2.38. The Kier molecular flexibility index (Phi) is 3.52. The molecule has 0 spiro atoms. The predicted molar refractivity (Wildman–Crippen MR) is 61.1 cm³/mol. The number of aromatic nitrogens is 1. The molecule has 0 bridgehead atoms. The van der Waals surface area contributed by atoms with Crippen molar-refractivity contribution in [2.75, 3.05) is 5.43 Å². The molecule has 2 atom stereocenters. The standard InChI is InChI=1S/C11H19N3O/c1-7-5-6-8(2)14(7)13-11(15)9(3)10(4)12/h5-6,9-10H,12H2,1-4H3,(H,13,15). The number of nitrogens with zero attached hydrogens (tertiary/aromatic N) is 1. The van der Waals surface area contributed by atoms with E-state index in [0.29, 0.717) is 0 Å². The van der Waals surface area contributed by atoms with Crippen molar-refractivity contribution in [3.8, 4) is 0 Å². The average Bonchev–Trinajstić information content (AvgIpc) is 2.47. The molecule has 0 saturated heterocycles. The zero-order chi connectivity index (χ0) is 11.6. The fraction of sp³-hybridized carbons (Fsp3) is 0.545. The Hall–Kier alpha value is -1.29. The van der Waals surface area contributed by atoms with Gasteiger partial charge in [-0.1, -0.05) is 6.92 Å². The lowest BCUT2D eigenvalue weighted by Gasteiger charge is -2.17. The number of hydrogen-bond donors (Lipinski definition) is 2. The SMILES string of the molecule is Cc1ccc(C)n1NC(=O)C(C)C(C)N. The number of rotatable bonds is 3. The van der Waals surface area contributed by atoms with Crippen LogP contribution in [-0.4, -0.2) is 16.6 Å². The maximum Gasteiger partial charge on any atom is 0.243 e. The molecule has 0 aliphatic heterocycles. The highest BCUT2D eigenvalue weighted by Gasteiger charge is 2.17. The summed E-state index contributed by atoms with van der Waals surface area (Å²) in [6.07, 6.45) is 0. The van der Waals surface area contributed by atoms with Crippen LogP contribution in [0.25, 0.3) is 0 Å². The van der Waals surface area contributed by atoms with Crippen molar-refractivity contribution in [1.29, 1.82) is 0 Å². The third-order valence-electron chi connectivity index (χ3n) is 2.70. The first-order chi connectivity index (χ1) is 6.93. The number of carbonyl (C=O) groups is 1. The Labute approximate surface area is 90.4 Å². The molecule has 0 saturated carbocycles. The highest BCUT2D eigenvalue weighted by molar-refractivity contribution is 5.86. The summed E-state index contributed by atoms with van der Waals surface area (Å²) in [6.45, 7) is 7.56. The summed E-state index contributed by atoms with van der Waals surface area (Å²) in [6, 6.07) is 3.79. The Morgan fingerprint density at radius 3 is 2.20 bits per heavy atom. The summed E-state index contributed by atoms with van der Waals surface area (Å²) in [5, 5.41) is 0. The van der Waals surface area contributed by atoms with E-state index in [-0.39, 0.29) is 17.9 Å². The van der Waals surface area contributed by atoms with E-state index in [2.05, 4.69) is 5.43 Å². The van der Waals surface area contributed by atoms with Crippen LogP contribution >= 0.6 is 0 Å². The van der Waals surface area contributed by atoms with Gasteiger partial charge < -0.3 is 5.73 Å². The molecule has 0 aliphatic carbocycles. The van der Waals surface area contributed by atoms with Gasteiger partial charge in [-0.3, -0.25) is 14.9 Å². The van der Waals surface area contributed by atoms with Crippen LogP contribution in [0.15, 0.2) is 12.1 Å². The molecule has 1 aromatic rings. The van der Waals surface area contributed by atoms with Gasteiger partial charge in [0.15, 0.2) is 0 Å². The number of amides is 1. The topological polar surface area (TPSA) is 60.0 Å². The van der Waals surface area contributed by atoms with Gasteiger partial charge in [0.25, 0.3) is 0 Å². The van der Waals surface area contributed by atoms with Crippen molar-refractivity contribution in [2.45, 2.75) is 33.7 Å². The van der Waals surface area contributed by atoms with Crippen LogP contribution in [0.2, 0.25) is 0 Å². The minimum Gasteiger partial charge on any atom is -0.327 e. The fourth-order valence-electron chi connectivity index (χ4n) is 1.30. The summed E-state index contributed by atoms with van der Waals surface area (Å²) in [5.74, 6) is -0.237. The molecule has 84 valence electrons. The second kappa shape index (κ2) is 4.49. The minimum atomic E-state index is -0.189. The van der Waals surface area contributed by atoms with Crippen LogP contribution in [0.5, 0.6) is 0 Å². The molecule has 2 unspecified atom stereocenters. The van der Waals surface area contributed by atoms with Crippen molar-refractivity contribution < 1.29 is 4.79 Å². The summed E-state index contributed by atoms with van der Waals surface area (Å²) >= 11 is 0. The van der Waals surface area contributed by atoms with Gasteiger partial charge in [0.1, 0.15) is 0 Å². The predicted octanol–water partition coefficient (Wildman–Crippen LogP) is 1.16. The van der Waals surface area contributed by atoms with Crippen LogP contribution in [-0.2, 0) is 4.79 Å². The van der Waals surface area contributed by atoms with Gasteiger partial charge in [-0.05, 0) is 32.9 Å². The Morgan fingerprint density at radius 2 is 1.80 bits per heavy atom. The van der Waals surface area contributed by atoms with E-state index in [1.165, 1.54) is 0 Å². The van der Waals surface area contributed by atoms with E-state index in [9.17, 15) is 4.79 Å². The maximum atomic E-state index is 11.7. The molecule has 3 N–H and O–H groups in total. The molecule has 15 heavy (non-hydrogen) atoms. The molecule has 1 amide bonds. The zero-order valence-electron chi connectivity index (χ0n) is 9.74. The molecule has 4 heteroatoms.